The lowest BCUT2D eigenvalue weighted by atomic mass is 10.1. The third kappa shape index (κ3) is 7.11. The summed E-state index contributed by atoms with van der Waals surface area (Å²) in [5, 5.41) is 0. The van der Waals surface area contributed by atoms with E-state index in [0.29, 0.717) is 12.8 Å². The zero-order valence-electron chi connectivity index (χ0n) is 10.1. The van der Waals surface area contributed by atoms with E-state index >= 15 is 0 Å². The lowest BCUT2D eigenvalue weighted by Crippen LogP contribution is -2.32. The highest BCUT2D eigenvalue weighted by molar-refractivity contribution is 5.76. The first-order valence-electron chi connectivity index (χ1n) is 5.70. The molecular weight excluding hydrogens is 190 g/mol. The average Bonchev–Trinajstić information content (AvgIpc) is 2.21. The number of carbonyl (C=O) groups excluding carboxylic acids is 2. The summed E-state index contributed by atoms with van der Waals surface area (Å²) in [6, 6.07) is 0.280. The second kappa shape index (κ2) is 8.45. The van der Waals surface area contributed by atoms with Gasteiger partial charge in [0.2, 0.25) is 5.91 Å². The summed E-state index contributed by atoms with van der Waals surface area (Å²) in [5.41, 5.74) is 0. The largest absolute Gasteiger partial charge is 0.343 e. The van der Waals surface area contributed by atoms with Crippen molar-refractivity contribution >= 4 is 12.2 Å². The molecule has 0 atom stereocenters. The molecule has 0 aromatic heterocycles. The van der Waals surface area contributed by atoms with Crippen LogP contribution < -0.4 is 0 Å². The molecule has 0 fully saturated rings. The van der Waals surface area contributed by atoms with Crippen LogP contribution in [0.1, 0.15) is 52.4 Å². The fourth-order valence-corrected chi connectivity index (χ4v) is 1.29. The summed E-state index contributed by atoms with van der Waals surface area (Å²) >= 11 is 0. The first-order valence-corrected chi connectivity index (χ1v) is 5.70. The fraction of sp³-hybridized carbons (Fsp3) is 0.833. The third-order valence-corrected chi connectivity index (χ3v) is 2.59. The minimum absolute atomic E-state index is 0.215. The van der Waals surface area contributed by atoms with Crippen LogP contribution in [-0.2, 0) is 9.59 Å². The van der Waals surface area contributed by atoms with E-state index in [-0.39, 0.29) is 11.9 Å². The minimum atomic E-state index is 0.215. The molecule has 1 radical (unpaired) electrons. The first kappa shape index (κ1) is 14.1. The van der Waals surface area contributed by atoms with Gasteiger partial charge in [-0.2, -0.15) is 0 Å². The first-order chi connectivity index (χ1) is 7.09. The minimum Gasteiger partial charge on any atom is -0.343 e. The molecule has 0 aliphatic carbocycles. The zero-order chi connectivity index (χ0) is 11.7. The number of rotatable bonds is 8. The SMILES string of the molecule is CC(C)N(C)C(=O)CCCCCC[C]=O. The Morgan fingerprint density at radius 2 is 1.80 bits per heavy atom. The molecule has 0 unspecified atom stereocenters. The summed E-state index contributed by atoms with van der Waals surface area (Å²) in [6.45, 7) is 4.02. The van der Waals surface area contributed by atoms with Crippen molar-refractivity contribution in [2.75, 3.05) is 7.05 Å². The molecule has 0 aromatic rings. The highest BCUT2D eigenvalue weighted by atomic mass is 16.2. The summed E-state index contributed by atoms with van der Waals surface area (Å²) in [6.07, 6.45) is 6.90. The number of amides is 1. The third-order valence-electron chi connectivity index (χ3n) is 2.59. The molecule has 0 saturated carbocycles. The van der Waals surface area contributed by atoms with E-state index in [1.54, 1.807) is 4.90 Å². The van der Waals surface area contributed by atoms with Gasteiger partial charge in [0.25, 0.3) is 0 Å². The molecule has 0 aliphatic rings. The van der Waals surface area contributed by atoms with Gasteiger partial charge in [-0.25, -0.2) is 0 Å². The van der Waals surface area contributed by atoms with E-state index in [4.69, 9.17) is 0 Å². The van der Waals surface area contributed by atoms with Gasteiger partial charge in [-0.3, -0.25) is 9.59 Å². The van der Waals surface area contributed by atoms with Crippen molar-refractivity contribution in [3.05, 3.63) is 0 Å². The molecule has 0 N–H and O–H groups in total. The van der Waals surface area contributed by atoms with Crippen LogP contribution in [0.3, 0.4) is 0 Å². The summed E-state index contributed by atoms with van der Waals surface area (Å²) in [4.78, 5) is 23.2. The van der Waals surface area contributed by atoms with E-state index in [2.05, 4.69) is 0 Å². The van der Waals surface area contributed by atoms with Gasteiger partial charge in [-0.15, -0.1) is 0 Å². The maximum Gasteiger partial charge on any atom is 0.222 e. The number of hydrogen-bond donors (Lipinski definition) is 0. The Balaban J connectivity index is 3.43. The van der Waals surface area contributed by atoms with Gasteiger partial charge in [-0.1, -0.05) is 12.8 Å². The Kier molecular flexibility index (Phi) is 7.96. The summed E-state index contributed by atoms with van der Waals surface area (Å²) < 4.78 is 0. The number of unbranched alkanes of at least 4 members (excludes halogenated alkanes) is 4. The van der Waals surface area contributed by atoms with Gasteiger partial charge in [0.1, 0.15) is 0 Å². The molecule has 0 aliphatic heterocycles. The molecule has 87 valence electrons. The number of carbonyl (C=O) groups is 1. The van der Waals surface area contributed by atoms with E-state index in [9.17, 15) is 9.59 Å². The van der Waals surface area contributed by atoms with E-state index < -0.39 is 0 Å². The zero-order valence-corrected chi connectivity index (χ0v) is 10.1. The Morgan fingerprint density at radius 1 is 1.20 bits per heavy atom. The van der Waals surface area contributed by atoms with Crippen LogP contribution in [0.15, 0.2) is 0 Å². The molecular formula is C12H22NO2. The van der Waals surface area contributed by atoms with Crippen molar-refractivity contribution in [3.8, 4) is 0 Å². The molecule has 0 bridgehead atoms. The molecule has 0 heterocycles. The van der Waals surface area contributed by atoms with Gasteiger partial charge in [0.15, 0.2) is 6.29 Å². The second-order valence-electron chi connectivity index (χ2n) is 4.16. The quantitative estimate of drug-likeness (QED) is 0.579. The molecule has 3 heteroatoms. The van der Waals surface area contributed by atoms with Crippen molar-refractivity contribution < 1.29 is 9.59 Å². The van der Waals surface area contributed by atoms with Crippen LogP contribution in [0, 0.1) is 0 Å². The van der Waals surface area contributed by atoms with Crippen LogP contribution in [0.4, 0.5) is 0 Å². The van der Waals surface area contributed by atoms with Crippen LogP contribution in [0.5, 0.6) is 0 Å². The van der Waals surface area contributed by atoms with Crippen molar-refractivity contribution in [3.63, 3.8) is 0 Å². The predicted octanol–water partition coefficient (Wildman–Crippen LogP) is 2.30. The molecule has 15 heavy (non-hydrogen) atoms. The normalized spacial score (nSPS) is 10.4. The van der Waals surface area contributed by atoms with Gasteiger partial charge < -0.3 is 4.90 Å². The van der Waals surface area contributed by atoms with E-state index in [1.807, 2.05) is 27.2 Å². The Hall–Kier alpha value is -0.860. The fourth-order valence-electron chi connectivity index (χ4n) is 1.29. The molecule has 0 aromatic carbocycles. The second-order valence-corrected chi connectivity index (χ2v) is 4.16. The van der Waals surface area contributed by atoms with Gasteiger partial charge >= 0.3 is 0 Å². The Labute approximate surface area is 92.8 Å². The van der Waals surface area contributed by atoms with Gasteiger partial charge in [0, 0.05) is 25.9 Å². The standard InChI is InChI=1S/C12H22NO2/c1-11(2)13(3)12(15)9-7-5-4-6-8-10-14/h11H,4-9H2,1-3H3. The average molecular weight is 212 g/mol. The van der Waals surface area contributed by atoms with Crippen LogP contribution >= 0.6 is 0 Å². The Bertz CT molecular complexity index is 190. The maximum atomic E-state index is 11.5. The molecule has 0 spiro atoms. The molecule has 3 nitrogen and oxygen atoms in total. The van der Waals surface area contributed by atoms with Gasteiger partial charge in [-0.05, 0) is 26.7 Å². The van der Waals surface area contributed by atoms with Crippen LogP contribution in [0.2, 0.25) is 0 Å². The smallest absolute Gasteiger partial charge is 0.222 e. The molecule has 0 rings (SSSR count). The van der Waals surface area contributed by atoms with Gasteiger partial charge in [0.05, 0.1) is 0 Å². The van der Waals surface area contributed by atoms with Crippen molar-refractivity contribution in [2.24, 2.45) is 0 Å². The summed E-state index contributed by atoms with van der Waals surface area (Å²) in [5.74, 6) is 0.215. The van der Waals surface area contributed by atoms with Crippen LogP contribution in [0.25, 0.3) is 0 Å². The maximum absolute atomic E-state index is 11.5. The molecule has 0 saturated heterocycles. The van der Waals surface area contributed by atoms with Crippen molar-refractivity contribution in [1.29, 1.82) is 0 Å². The monoisotopic (exact) mass is 212 g/mol. The number of nitrogens with zero attached hydrogens (tertiary/aromatic N) is 1. The highest BCUT2D eigenvalue weighted by Crippen LogP contribution is 2.07. The van der Waals surface area contributed by atoms with Crippen LogP contribution in [-0.4, -0.2) is 30.2 Å². The highest BCUT2D eigenvalue weighted by Gasteiger charge is 2.10. The van der Waals surface area contributed by atoms with Crippen molar-refractivity contribution in [1.82, 2.24) is 4.90 Å². The number of hydrogen-bond acceptors (Lipinski definition) is 2. The predicted molar refractivity (Wildman–Crippen MR) is 61.3 cm³/mol. The lowest BCUT2D eigenvalue weighted by Gasteiger charge is -2.21. The Morgan fingerprint density at radius 3 is 2.33 bits per heavy atom. The summed E-state index contributed by atoms with van der Waals surface area (Å²) in [7, 11) is 1.84. The lowest BCUT2D eigenvalue weighted by molar-refractivity contribution is -0.131. The topological polar surface area (TPSA) is 37.4 Å². The van der Waals surface area contributed by atoms with E-state index in [0.717, 1.165) is 25.7 Å². The van der Waals surface area contributed by atoms with Crippen molar-refractivity contribution in [2.45, 2.75) is 58.4 Å². The molecule has 1 amide bonds. The van der Waals surface area contributed by atoms with E-state index in [1.165, 1.54) is 0 Å².